The van der Waals surface area contributed by atoms with Gasteiger partial charge in [0, 0.05) is 11.6 Å². The lowest BCUT2D eigenvalue weighted by molar-refractivity contribution is 0.0952. The minimum Gasteiger partial charge on any atom is -0.352 e. The second-order valence-corrected chi connectivity index (χ2v) is 5.40. The predicted octanol–water partition coefficient (Wildman–Crippen LogP) is 2.43. The summed E-state index contributed by atoms with van der Waals surface area (Å²) in [5.41, 5.74) is 2.36. The highest BCUT2D eigenvalue weighted by atomic mass is 35.5. The third-order valence-corrected chi connectivity index (χ3v) is 3.63. The highest BCUT2D eigenvalue weighted by molar-refractivity contribution is 6.30. The van der Waals surface area contributed by atoms with Crippen molar-refractivity contribution in [2.45, 2.75) is 19.8 Å². The van der Waals surface area contributed by atoms with Gasteiger partial charge in [-0.3, -0.25) is 4.79 Å². The van der Waals surface area contributed by atoms with E-state index in [4.69, 9.17) is 11.6 Å². The van der Waals surface area contributed by atoms with E-state index >= 15 is 0 Å². The van der Waals surface area contributed by atoms with Gasteiger partial charge in [-0.05, 0) is 44.6 Å². The van der Waals surface area contributed by atoms with Crippen molar-refractivity contribution < 1.29 is 4.79 Å². The van der Waals surface area contributed by atoms with E-state index in [-0.39, 0.29) is 5.91 Å². The zero-order valence-electron chi connectivity index (χ0n) is 12.9. The summed E-state index contributed by atoms with van der Waals surface area (Å²) in [5.74, 6) is -0.0822. The number of carbonyl (C=O) groups excluding carboxylic acids is 1. The van der Waals surface area contributed by atoms with E-state index in [0.29, 0.717) is 23.6 Å². The molecule has 0 radical (unpaired) electrons. The molecule has 0 saturated carbocycles. The first-order chi connectivity index (χ1) is 10.7. The number of carbonyl (C=O) groups is 1. The fourth-order valence-corrected chi connectivity index (χ4v) is 2.48. The molecule has 118 valence electrons. The molecule has 0 fully saturated rings. The van der Waals surface area contributed by atoms with E-state index in [0.717, 1.165) is 24.3 Å². The number of nitrogens with one attached hydrogen (secondary N) is 2. The first kappa shape index (κ1) is 16.5. The van der Waals surface area contributed by atoms with Gasteiger partial charge in [0.25, 0.3) is 5.91 Å². The van der Waals surface area contributed by atoms with Crippen LogP contribution in [0, 0.1) is 0 Å². The van der Waals surface area contributed by atoms with Crippen molar-refractivity contribution in [3.05, 3.63) is 46.7 Å². The lowest BCUT2D eigenvalue weighted by Gasteiger charge is -2.09. The lowest BCUT2D eigenvalue weighted by Crippen LogP contribution is -2.27. The summed E-state index contributed by atoms with van der Waals surface area (Å²) in [6.07, 6.45) is 3.23. The smallest absolute Gasteiger partial charge is 0.254 e. The van der Waals surface area contributed by atoms with Gasteiger partial charge < -0.3 is 10.6 Å². The topological polar surface area (TPSA) is 59.0 Å². The van der Waals surface area contributed by atoms with E-state index in [1.54, 1.807) is 10.9 Å². The van der Waals surface area contributed by atoms with Crippen molar-refractivity contribution >= 4 is 17.5 Å². The highest BCUT2D eigenvalue weighted by Gasteiger charge is 2.16. The van der Waals surface area contributed by atoms with Crippen LogP contribution in [0.3, 0.4) is 0 Å². The van der Waals surface area contributed by atoms with Gasteiger partial charge >= 0.3 is 0 Å². The number of hydrogen-bond acceptors (Lipinski definition) is 3. The number of nitrogens with zero attached hydrogens (tertiary/aromatic N) is 2. The Balaban J connectivity index is 2.18. The summed E-state index contributed by atoms with van der Waals surface area (Å²) >= 11 is 6.03. The molecule has 2 rings (SSSR count). The van der Waals surface area contributed by atoms with Crippen LogP contribution in [0.15, 0.2) is 30.5 Å². The van der Waals surface area contributed by atoms with E-state index in [9.17, 15) is 4.79 Å². The Hall–Kier alpha value is -1.85. The summed E-state index contributed by atoms with van der Waals surface area (Å²) in [6, 6.07) is 7.45. The van der Waals surface area contributed by atoms with Gasteiger partial charge in [0.05, 0.1) is 23.1 Å². The van der Waals surface area contributed by atoms with E-state index < -0.39 is 0 Å². The molecule has 0 aliphatic heterocycles. The lowest BCUT2D eigenvalue weighted by atomic mass is 10.2. The Labute approximate surface area is 135 Å². The molecule has 5 nitrogen and oxygen atoms in total. The van der Waals surface area contributed by atoms with Crippen LogP contribution in [-0.2, 0) is 6.42 Å². The molecule has 0 aliphatic carbocycles. The molecule has 1 heterocycles. The van der Waals surface area contributed by atoms with Crippen LogP contribution in [0.5, 0.6) is 0 Å². The molecule has 22 heavy (non-hydrogen) atoms. The zero-order chi connectivity index (χ0) is 15.9. The fraction of sp³-hybridized carbons (Fsp3) is 0.375. The van der Waals surface area contributed by atoms with Gasteiger partial charge in [-0.15, -0.1) is 0 Å². The molecule has 0 bridgehead atoms. The Morgan fingerprint density at radius 3 is 2.86 bits per heavy atom. The molecular formula is C16H21ClN4O. The Morgan fingerprint density at radius 2 is 2.18 bits per heavy atom. The van der Waals surface area contributed by atoms with Gasteiger partial charge in [0.15, 0.2) is 0 Å². The van der Waals surface area contributed by atoms with Crippen LogP contribution in [-0.4, -0.2) is 35.8 Å². The Morgan fingerprint density at radius 1 is 1.36 bits per heavy atom. The number of aromatic nitrogens is 2. The molecule has 6 heteroatoms. The number of hydrogen-bond donors (Lipinski definition) is 2. The first-order valence-electron chi connectivity index (χ1n) is 7.43. The summed E-state index contributed by atoms with van der Waals surface area (Å²) in [6.45, 7) is 3.53. The van der Waals surface area contributed by atoms with E-state index in [2.05, 4.69) is 15.7 Å². The average Bonchev–Trinajstić information content (AvgIpc) is 2.95. The van der Waals surface area contributed by atoms with Crippen molar-refractivity contribution in [2.24, 2.45) is 0 Å². The largest absolute Gasteiger partial charge is 0.352 e. The van der Waals surface area contributed by atoms with Crippen molar-refractivity contribution in [3.8, 4) is 5.69 Å². The molecule has 2 aromatic rings. The summed E-state index contributed by atoms with van der Waals surface area (Å²) in [4.78, 5) is 12.3. The van der Waals surface area contributed by atoms with Crippen molar-refractivity contribution in [3.63, 3.8) is 0 Å². The van der Waals surface area contributed by atoms with Gasteiger partial charge in [-0.1, -0.05) is 24.6 Å². The number of rotatable bonds is 7. The fourth-order valence-electron chi connectivity index (χ4n) is 2.30. The average molecular weight is 321 g/mol. The van der Waals surface area contributed by atoms with Crippen LogP contribution in [0.25, 0.3) is 5.69 Å². The SMILES string of the molecule is CCc1c(C(=O)NCCCNC)cnn1-c1cccc(Cl)c1. The molecule has 0 atom stereocenters. The van der Waals surface area contributed by atoms with Gasteiger partial charge in [0.1, 0.15) is 0 Å². The Kier molecular flexibility index (Phi) is 5.98. The van der Waals surface area contributed by atoms with E-state index in [1.165, 1.54) is 0 Å². The summed E-state index contributed by atoms with van der Waals surface area (Å²) in [7, 11) is 1.89. The quantitative estimate of drug-likeness (QED) is 0.770. The minimum absolute atomic E-state index is 0.0822. The second-order valence-electron chi connectivity index (χ2n) is 4.96. The third kappa shape index (κ3) is 3.87. The first-order valence-corrected chi connectivity index (χ1v) is 7.80. The molecular weight excluding hydrogens is 300 g/mol. The highest BCUT2D eigenvalue weighted by Crippen LogP contribution is 2.19. The van der Waals surface area contributed by atoms with Crippen LogP contribution >= 0.6 is 11.6 Å². The normalized spacial score (nSPS) is 10.7. The van der Waals surface area contributed by atoms with Crippen molar-refractivity contribution in [2.75, 3.05) is 20.1 Å². The molecule has 1 aromatic carbocycles. The molecule has 1 aromatic heterocycles. The number of halogens is 1. The van der Waals surface area contributed by atoms with Crippen molar-refractivity contribution in [1.82, 2.24) is 20.4 Å². The maximum atomic E-state index is 12.3. The van der Waals surface area contributed by atoms with Crippen LogP contribution < -0.4 is 10.6 Å². The standard InChI is InChI=1S/C16H21ClN4O/c1-3-15-14(16(22)19-9-5-8-18-2)11-20-21(15)13-7-4-6-12(17)10-13/h4,6-7,10-11,18H,3,5,8-9H2,1-2H3,(H,19,22). The monoisotopic (exact) mass is 320 g/mol. The number of benzene rings is 1. The second kappa shape index (κ2) is 7.96. The zero-order valence-corrected chi connectivity index (χ0v) is 13.7. The van der Waals surface area contributed by atoms with Crippen LogP contribution in [0.2, 0.25) is 5.02 Å². The summed E-state index contributed by atoms with van der Waals surface area (Å²) in [5, 5.41) is 11.0. The Bertz CT molecular complexity index is 639. The predicted molar refractivity (Wildman–Crippen MR) is 88.8 cm³/mol. The summed E-state index contributed by atoms with van der Waals surface area (Å²) < 4.78 is 1.77. The van der Waals surface area contributed by atoms with Gasteiger partial charge in [0.2, 0.25) is 0 Å². The van der Waals surface area contributed by atoms with Crippen LogP contribution in [0.1, 0.15) is 29.4 Å². The molecule has 0 spiro atoms. The third-order valence-electron chi connectivity index (χ3n) is 3.39. The maximum Gasteiger partial charge on any atom is 0.254 e. The molecule has 2 N–H and O–H groups in total. The molecule has 0 aliphatic rings. The molecule has 0 saturated heterocycles. The molecule has 0 unspecified atom stereocenters. The van der Waals surface area contributed by atoms with Crippen LogP contribution in [0.4, 0.5) is 0 Å². The van der Waals surface area contributed by atoms with Crippen molar-refractivity contribution in [1.29, 1.82) is 0 Å². The number of amides is 1. The maximum absolute atomic E-state index is 12.3. The van der Waals surface area contributed by atoms with Gasteiger partial charge in [-0.2, -0.15) is 5.10 Å². The van der Waals surface area contributed by atoms with Gasteiger partial charge in [-0.25, -0.2) is 4.68 Å². The minimum atomic E-state index is -0.0822. The van der Waals surface area contributed by atoms with E-state index in [1.807, 2.05) is 38.2 Å². The molecule has 1 amide bonds.